The Morgan fingerprint density at radius 2 is 1.85 bits per heavy atom. The first-order valence-corrected chi connectivity index (χ1v) is 9.10. The number of aromatic nitrogens is 3. The highest BCUT2D eigenvalue weighted by molar-refractivity contribution is 5.93. The van der Waals surface area contributed by atoms with Gasteiger partial charge in [-0.05, 0) is 19.1 Å². The number of carbonyl (C=O) groups is 2. The molecule has 2 amide bonds. The van der Waals surface area contributed by atoms with Crippen LogP contribution in [0, 0.1) is 0 Å². The number of hydrogen-bond acceptors (Lipinski definition) is 6. The second-order valence-corrected chi connectivity index (χ2v) is 6.89. The first-order chi connectivity index (χ1) is 13.1. The van der Waals surface area contributed by atoms with Crippen LogP contribution in [0.25, 0.3) is 11.4 Å². The van der Waals surface area contributed by atoms with E-state index >= 15 is 0 Å². The molecule has 2 aliphatic heterocycles. The van der Waals surface area contributed by atoms with Crippen LogP contribution >= 0.6 is 0 Å². The zero-order valence-corrected chi connectivity index (χ0v) is 15.2. The number of carbonyl (C=O) groups excluding carboxylic acids is 2. The van der Waals surface area contributed by atoms with Crippen LogP contribution in [-0.2, 0) is 4.74 Å². The first-order valence-electron chi connectivity index (χ1n) is 9.10. The zero-order valence-electron chi connectivity index (χ0n) is 15.2. The van der Waals surface area contributed by atoms with Gasteiger partial charge < -0.3 is 14.5 Å². The molecule has 140 valence electrons. The highest BCUT2D eigenvalue weighted by atomic mass is 16.6. The molecule has 1 spiro atoms. The predicted octanol–water partition coefficient (Wildman–Crippen LogP) is 1.99. The lowest BCUT2D eigenvalue weighted by Gasteiger charge is -2.37. The minimum absolute atomic E-state index is 0.0946. The Hall–Kier alpha value is -3.03. The van der Waals surface area contributed by atoms with Crippen molar-refractivity contribution in [2.45, 2.75) is 25.4 Å². The molecule has 2 saturated heterocycles. The number of rotatable bonds is 3. The highest BCUT2D eigenvalue weighted by Gasteiger charge is 2.47. The average Bonchev–Trinajstić information content (AvgIpc) is 3.04. The van der Waals surface area contributed by atoms with Crippen molar-refractivity contribution < 1.29 is 14.3 Å². The van der Waals surface area contributed by atoms with Gasteiger partial charge in [-0.1, -0.05) is 0 Å². The Morgan fingerprint density at radius 1 is 1.19 bits per heavy atom. The molecule has 4 heterocycles. The molecule has 2 aliphatic rings. The smallest absolute Gasteiger partial charge is 0.410 e. The van der Waals surface area contributed by atoms with Gasteiger partial charge in [0.25, 0.3) is 5.91 Å². The Kier molecular flexibility index (Phi) is 4.47. The summed E-state index contributed by atoms with van der Waals surface area (Å²) in [6.07, 6.45) is 7.52. The van der Waals surface area contributed by atoms with Gasteiger partial charge in [0.15, 0.2) is 5.82 Å². The number of pyridine rings is 1. The topological polar surface area (TPSA) is 88.5 Å². The van der Waals surface area contributed by atoms with Crippen molar-refractivity contribution in [3.8, 4) is 11.4 Å². The molecule has 0 N–H and O–H groups in total. The minimum atomic E-state index is -0.453. The van der Waals surface area contributed by atoms with Gasteiger partial charge >= 0.3 is 6.09 Å². The van der Waals surface area contributed by atoms with Crippen LogP contribution in [0.5, 0.6) is 0 Å². The molecule has 2 aromatic heterocycles. The molecule has 27 heavy (non-hydrogen) atoms. The standard InChI is InChI=1S/C19H21N5O3/c1-2-23-13-19(27-18(23)26)5-9-24(10-6-19)17(25)15-11-21-16(22-12-15)14-3-7-20-8-4-14/h3-4,7-8,11-12H,2,5-6,9-10,13H2,1H3. The normalized spacial score (nSPS) is 18.6. The fourth-order valence-corrected chi connectivity index (χ4v) is 3.58. The number of amides is 2. The SMILES string of the molecule is CCN1CC2(CCN(C(=O)c3cnc(-c4ccncc4)nc3)CC2)OC1=O. The van der Waals surface area contributed by atoms with Gasteiger partial charge in [0, 0.05) is 62.8 Å². The van der Waals surface area contributed by atoms with Crippen LogP contribution in [-0.4, -0.2) is 68.5 Å². The molecule has 2 aromatic rings. The Labute approximate surface area is 157 Å². The summed E-state index contributed by atoms with van der Waals surface area (Å²) in [5, 5.41) is 0. The van der Waals surface area contributed by atoms with Crippen LogP contribution in [0.1, 0.15) is 30.1 Å². The maximum Gasteiger partial charge on any atom is 0.410 e. The van der Waals surface area contributed by atoms with Crippen LogP contribution in [0.4, 0.5) is 4.79 Å². The van der Waals surface area contributed by atoms with E-state index < -0.39 is 5.60 Å². The van der Waals surface area contributed by atoms with Crippen LogP contribution in [0.3, 0.4) is 0 Å². The van der Waals surface area contributed by atoms with E-state index in [9.17, 15) is 9.59 Å². The van der Waals surface area contributed by atoms with Gasteiger partial charge in [0.1, 0.15) is 5.60 Å². The summed E-state index contributed by atoms with van der Waals surface area (Å²) < 4.78 is 5.61. The fourth-order valence-electron chi connectivity index (χ4n) is 3.58. The van der Waals surface area contributed by atoms with Crippen molar-refractivity contribution in [2.24, 2.45) is 0 Å². The lowest BCUT2D eigenvalue weighted by molar-refractivity contribution is 0.00312. The summed E-state index contributed by atoms with van der Waals surface area (Å²) in [5.74, 6) is 0.465. The van der Waals surface area contributed by atoms with Gasteiger partial charge in [0.05, 0.1) is 12.1 Å². The third-order valence-electron chi connectivity index (χ3n) is 5.22. The Bertz CT molecular complexity index is 832. The number of piperidine rings is 1. The van der Waals surface area contributed by atoms with Gasteiger partial charge in [-0.15, -0.1) is 0 Å². The molecular weight excluding hydrogens is 346 g/mol. The quantitative estimate of drug-likeness (QED) is 0.824. The van der Waals surface area contributed by atoms with E-state index in [0.29, 0.717) is 50.4 Å². The molecule has 8 heteroatoms. The minimum Gasteiger partial charge on any atom is -0.441 e. The summed E-state index contributed by atoms with van der Waals surface area (Å²) >= 11 is 0. The summed E-state index contributed by atoms with van der Waals surface area (Å²) in [7, 11) is 0. The van der Waals surface area contributed by atoms with Crippen molar-refractivity contribution in [2.75, 3.05) is 26.2 Å². The number of likely N-dealkylation sites (N-methyl/N-ethyl adjacent to an activating group) is 1. The maximum absolute atomic E-state index is 12.8. The summed E-state index contributed by atoms with van der Waals surface area (Å²) in [6.45, 7) is 4.29. The molecular formula is C19H21N5O3. The summed E-state index contributed by atoms with van der Waals surface area (Å²) in [6, 6.07) is 3.65. The van der Waals surface area contributed by atoms with Crippen molar-refractivity contribution in [3.63, 3.8) is 0 Å². The Morgan fingerprint density at radius 3 is 2.44 bits per heavy atom. The monoisotopic (exact) mass is 367 g/mol. The van der Waals surface area contributed by atoms with Crippen LogP contribution in [0.2, 0.25) is 0 Å². The molecule has 0 atom stereocenters. The molecule has 2 fully saturated rings. The lowest BCUT2D eigenvalue weighted by atomic mass is 9.91. The first kappa shape index (κ1) is 17.4. The van der Waals surface area contributed by atoms with Gasteiger partial charge in [-0.25, -0.2) is 14.8 Å². The largest absolute Gasteiger partial charge is 0.441 e. The van der Waals surface area contributed by atoms with Crippen molar-refractivity contribution in [3.05, 3.63) is 42.5 Å². The van der Waals surface area contributed by atoms with Crippen molar-refractivity contribution >= 4 is 12.0 Å². The molecule has 0 unspecified atom stereocenters. The maximum atomic E-state index is 12.8. The molecule has 8 nitrogen and oxygen atoms in total. The van der Waals surface area contributed by atoms with E-state index in [1.165, 1.54) is 0 Å². The van der Waals surface area contributed by atoms with Gasteiger partial charge in [-0.2, -0.15) is 0 Å². The van der Waals surface area contributed by atoms with E-state index in [1.54, 1.807) is 34.6 Å². The predicted molar refractivity (Wildman–Crippen MR) is 96.9 cm³/mol. The lowest BCUT2D eigenvalue weighted by Crippen LogP contribution is -2.48. The van der Waals surface area contributed by atoms with E-state index in [0.717, 1.165) is 5.56 Å². The van der Waals surface area contributed by atoms with E-state index in [1.807, 2.05) is 19.1 Å². The van der Waals surface area contributed by atoms with Gasteiger partial charge in [-0.3, -0.25) is 9.78 Å². The van der Waals surface area contributed by atoms with E-state index in [2.05, 4.69) is 15.0 Å². The number of likely N-dealkylation sites (tertiary alicyclic amines) is 1. The third-order valence-corrected chi connectivity index (χ3v) is 5.22. The molecule has 0 bridgehead atoms. The van der Waals surface area contributed by atoms with E-state index in [-0.39, 0.29) is 12.0 Å². The molecule has 0 radical (unpaired) electrons. The number of nitrogens with zero attached hydrogens (tertiary/aromatic N) is 5. The molecule has 0 aromatic carbocycles. The van der Waals surface area contributed by atoms with Crippen molar-refractivity contribution in [1.82, 2.24) is 24.8 Å². The van der Waals surface area contributed by atoms with Crippen LogP contribution < -0.4 is 0 Å². The summed E-state index contributed by atoms with van der Waals surface area (Å²) in [4.78, 5) is 40.7. The second-order valence-electron chi connectivity index (χ2n) is 6.89. The highest BCUT2D eigenvalue weighted by Crippen LogP contribution is 2.33. The molecule has 0 aliphatic carbocycles. The molecule has 4 rings (SSSR count). The number of hydrogen-bond donors (Lipinski definition) is 0. The third kappa shape index (κ3) is 3.34. The fraction of sp³-hybridized carbons (Fsp3) is 0.421. The molecule has 0 saturated carbocycles. The zero-order chi connectivity index (χ0) is 18.9. The summed E-state index contributed by atoms with van der Waals surface area (Å²) in [5.41, 5.74) is 0.862. The Balaban J connectivity index is 1.40. The average molecular weight is 367 g/mol. The number of ether oxygens (including phenoxy) is 1. The second kappa shape index (κ2) is 6.94. The van der Waals surface area contributed by atoms with E-state index in [4.69, 9.17) is 4.74 Å². The van der Waals surface area contributed by atoms with Crippen molar-refractivity contribution in [1.29, 1.82) is 0 Å². The van der Waals surface area contributed by atoms with Crippen LogP contribution in [0.15, 0.2) is 36.9 Å². The van der Waals surface area contributed by atoms with Gasteiger partial charge in [0.2, 0.25) is 0 Å².